The maximum absolute atomic E-state index is 12.2. The molecule has 0 aliphatic carbocycles. The normalized spacial score (nSPS) is 11.1. The van der Waals surface area contributed by atoms with Gasteiger partial charge in [-0.25, -0.2) is 13.2 Å². The summed E-state index contributed by atoms with van der Waals surface area (Å²) in [5.74, 6) is -1.27. The largest absolute Gasteiger partial charge is 0.478 e. The fraction of sp³-hybridized carbons (Fsp3) is 0.385. The second kappa shape index (κ2) is 6.86. The van der Waals surface area contributed by atoms with Crippen molar-refractivity contribution in [2.45, 2.75) is 31.1 Å². The number of carbonyl (C=O) groups is 1. The van der Waals surface area contributed by atoms with Crippen LogP contribution in [-0.4, -0.2) is 25.2 Å². The summed E-state index contributed by atoms with van der Waals surface area (Å²) in [6, 6.07) is 4.52. The standard InChI is InChI=1S/C13H14BrNO4S/c1-9-11(14)7-10(13(16)17)8-12(9)20(18,19)6-4-2-3-5-15/h7-8H,2-4,6H2,1H3,(H,16,17). The van der Waals surface area contributed by atoms with E-state index in [2.05, 4.69) is 15.9 Å². The first kappa shape index (κ1) is 16.7. The first-order valence-electron chi connectivity index (χ1n) is 5.92. The van der Waals surface area contributed by atoms with Crippen molar-refractivity contribution in [3.05, 3.63) is 27.7 Å². The summed E-state index contributed by atoms with van der Waals surface area (Å²) in [5.41, 5.74) is 0.424. The van der Waals surface area contributed by atoms with Crippen molar-refractivity contribution in [1.29, 1.82) is 5.26 Å². The molecule has 0 aliphatic heterocycles. The lowest BCUT2D eigenvalue weighted by Crippen LogP contribution is -2.11. The number of rotatable bonds is 6. The van der Waals surface area contributed by atoms with Crippen LogP contribution in [0.15, 0.2) is 21.5 Å². The highest BCUT2D eigenvalue weighted by Gasteiger charge is 2.20. The SMILES string of the molecule is Cc1c(Br)cc(C(=O)O)cc1S(=O)(=O)CCCCC#N. The maximum Gasteiger partial charge on any atom is 0.335 e. The van der Waals surface area contributed by atoms with Crippen molar-refractivity contribution in [2.75, 3.05) is 5.75 Å². The molecule has 108 valence electrons. The minimum absolute atomic E-state index is 0.0289. The molecule has 0 spiro atoms. The van der Waals surface area contributed by atoms with Gasteiger partial charge in [0.15, 0.2) is 9.84 Å². The zero-order valence-electron chi connectivity index (χ0n) is 10.9. The van der Waals surface area contributed by atoms with E-state index in [9.17, 15) is 13.2 Å². The predicted molar refractivity (Wildman–Crippen MR) is 77.4 cm³/mol. The molecule has 0 heterocycles. The van der Waals surface area contributed by atoms with Crippen LogP contribution >= 0.6 is 15.9 Å². The molecule has 0 aliphatic rings. The number of hydrogen-bond donors (Lipinski definition) is 1. The molecule has 0 fully saturated rings. The zero-order chi connectivity index (χ0) is 15.3. The first-order chi connectivity index (χ1) is 9.29. The summed E-state index contributed by atoms with van der Waals surface area (Å²) in [7, 11) is -3.55. The fourth-order valence-corrected chi connectivity index (χ4v) is 3.98. The van der Waals surface area contributed by atoms with Crippen molar-refractivity contribution in [2.24, 2.45) is 0 Å². The minimum atomic E-state index is -3.55. The number of aromatic carboxylic acids is 1. The third-order valence-electron chi connectivity index (χ3n) is 2.83. The summed E-state index contributed by atoms with van der Waals surface area (Å²) in [6.45, 7) is 1.62. The average molecular weight is 360 g/mol. The Morgan fingerprint density at radius 1 is 1.40 bits per heavy atom. The molecular formula is C13H14BrNO4S. The van der Waals surface area contributed by atoms with Crippen LogP contribution in [0.2, 0.25) is 0 Å². The van der Waals surface area contributed by atoms with Crippen LogP contribution in [0.25, 0.3) is 0 Å². The van der Waals surface area contributed by atoms with Gasteiger partial charge in [0.05, 0.1) is 22.3 Å². The van der Waals surface area contributed by atoms with Crippen molar-refractivity contribution < 1.29 is 18.3 Å². The van der Waals surface area contributed by atoms with Gasteiger partial charge in [-0.2, -0.15) is 5.26 Å². The van der Waals surface area contributed by atoms with Gasteiger partial charge in [-0.15, -0.1) is 0 Å². The molecule has 0 unspecified atom stereocenters. The molecule has 1 rings (SSSR count). The number of benzene rings is 1. The predicted octanol–water partition coefficient (Wildman–Crippen LogP) is 2.92. The summed E-state index contributed by atoms with van der Waals surface area (Å²) < 4.78 is 24.9. The van der Waals surface area contributed by atoms with Gasteiger partial charge >= 0.3 is 5.97 Å². The van der Waals surface area contributed by atoms with Gasteiger partial charge in [-0.1, -0.05) is 15.9 Å². The average Bonchev–Trinajstić information content (AvgIpc) is 2.37. The van der Waals surface area contributed by atoms with E-state index in [4.69, 9.17) is 10.4 Å². The Labute approximate surface area is 126 Å². The highest BCUT2D eigenvalue weighted by atomic mass is 79.9. The van der Waals surface area contributed by atoms with Crippen LogP contribution < -0.4 is 0 Å². The molecule has 1 aromatic carbocycles. The van der Waals surface area contributed by atoms with Crippen molar-refractivity contribution in [3.8, 4) is 6.07 Å². The van der Waals surface area contributed by atoms with E-state index in [0.717, 1.165) is 0 Å². The van der Waals surface area contributed by atoms with E-state index in [1.165, 1.54) is 12.1 Å². The number of hydrogen-bond acceptors (Lipinski definition) is 4. The fourth-order valence-electron chi connectivity index (χ4n) is 1.71. The van der Waals surface area contributed by atoms with Gasteiger partial charge in [0.25, 0.3) is 0 Å². The van der Waals surface area contributed by atoms with E-state index in [0.29, 0.717) is 29.3 Å². The van der Waals surface area contributed by atoms with Gasteiger partial charge < -0.3 is 5.11 Å². The number of carboxylic acids is 1. The second-order valence-electron chi connectivity index (χ2n) is 4.32. The molecule has 1 aromatic rings. The van der Waals surface area contributed by atoms with Crippen LogP contribution in [0.1, 0.15) is 35.2 Å². The Morgan fingerprint density at radius 2 is 2.05 bits per heavy atom. The number of sulfone groups is 1. The van der Waals surface area contributed by atoms with Crippen LogP contribution in [0, 0.1) is 18.3 Å². The molecule has 0 bridgehead atoms. The van der Waals surface area contributed by atoms with Crippen molar-refractivity contribution in [1.82, 2.24) is 0 Å². The molecule has 0 atom stereocenters. The quantitative estimate of drug-likeness (QED) is 0.787. The minimum Gasteiger partial charge on any atom is -0.478 e. The molecule has 0 saturated carbocycles. The lowest BCUT2D eigenvalue weighted by atomic mass is 10.1. The van der Waals surface area contributed by atoms with Gasteiger partial charge in [-0.3, -0.25) is 0 Å². The number of nitrogens with zero attached hydrogens (tertiary/aromatic N) is 1. The van der Waals surface area contributed by atoms with E-state index in [1.54, 1.807) is 6.92 Å². The molecule has 0 aromatic heterocycles. The van der Waals surface area contributed by atoms with E-state index in [-0.39, 0.29) is 16.2 Å². The Balaban J connectivity index is 3.11. The Morgan fingerprint density at radius 3 is 2.60 bits per heavy atom. The molecule has 7 heteroatoms. The van der Waals surface area contributed by atoms with Crippen LogP contribution in [0.3, 0.4) is 0 Å². The van der Waals surface area contributed by atoms with Crippen LogP contribution in [0.5, 0.6) is 0 Å². The van der Waals surface area contributed by atoms with Gasteiger partial charge in [0.1, 0.15) is 0 Å². The van der Waals surface area contributed by atoms with Crippen molar-refractivity contribution >= 4 is 31.7 Å². The van der Waals surface area contributed by atoms with E-state index < -0.39 is 15.8 Å². The molecule has 5 nitrogen and oxygen atoms in total. The van der Waals surface area contributed by atoms with Gasteiger partial charge in [0.2, 0.25) is 0 Å². The molecular weight excluding hydrogens is 346 g/mol. The summed E-state index contributed by atoms with van der Waals surface area (Å²) >= 11 is 3.18. The van der Waals surface area contributed by atoms with Crippen molar-refractivity contribution in [3.63, 3.8) is 0 Å². The van der Waals surface area contributed by atoms with E-state index >= 15 is 0 Å². The number of unbranched alkanes of at least 4 members (excludes halogenated alkanes) is 2. The Kier molecular flexibility index (Phi) is 5.72. The maximum atomic E-state index is 12.2. The Bertz CT molecular complexity index is 662. The zero-order valence-corrected chi connectivity index (χ0v) is 13.3. The molecule has 1 N–H and O–H groups in total. The number of halogens is 1. The van der Waals surface area contributed by atoms with Crippen LogP contribution in [-0.2, 0) is 9.84 Å². The molecule has 0 amide bonds. The third kappa shape index (κ3) is 4.05. The van der Waals surface area contributed by atoms with Gasteiger partial charge in [0, 0.05) is 10.9 Å². The topological polar surface area (TPSA) is 95.2 Å². The highest BCUT2D eigenvalue weighted by molar-refractivity contribution is 9.10. The second-order valence-corrected chi connectivity index (χ2v) is 7.25. The lowest BCUT2D eigenvalue weighted by molar-refractivity contribution is 0.0696. The first-order valence-corrected chi connectivity index (χ1v) is 8.37. The number of nitriles is 1. The molecule has 0 saturated heterocycles. The lowest BCUT2D eigenvalue weighted by Gasteiger charge is -2.10. The highest BCUT2D eigenvalue weighted by Crippen LogP contribution is 2.27. The summed E-state index contributed by atoms with van der Waals surface area (Å²) in [6.07, 6.45) is 1.20. The number of carboxylic acid groups (broad SMARTS) is 1. The third-order valence-corrected chi connectivity index (χ3v) is 5.57. The molecule has 0 radical (unpaired) electrons. The smallest absolute Gasteiger partial charge is 0.335 e. The van der Waals surface area contributed by atoms with E-state index in [1.807, 2.05) is 6.07 Å². The molecule has 20 heavy (non-hydrogen) atoms. The Hall–Kier alpha value is -1.39. The monoisotopic (exact) mass is 359 g/mol. The van der Waals surface area contributed by atoms with Gasteiger partial charge in [-0.05, 0) is 37.5 Å². The van der Waals surface area contributed by atoms with Crippen LogP contribution in [0.4, 0.5) is 0 Å². The summed E-state index contributed by atoms with van der Waals surface area (Å²) in [5, 5.41) is 17.4. The summed E-state index contributed by atoms with van der Waals surface area (Å²) in [4.78, 5) is 11.0.